The molecule has 0 rings (SSSR count). The van der Waals surface area contributed by atoms with E-state index < -0.39 is 43.1 Å². The first-order chi connectivity index (χ1) is 21.8. The van der Waals surface area contributed by atoms with E-state index in [1.165, 1.54) is 64.2 Å². The molecule has 0 aromatic rings. The van der Waals surface area contributed by atoms with Gasteiger partial charge in [-0.15, -0.1) is 0 Å². The summed E-state index contributed by atoms with van der Waals surface area (Å²) in [5.41, 5.74) is 0. The van der Waals surface area contributed by atoms with Crippen molar-refractivity contribution in [2.75, 3.05) is 13.2 Å². The SMILES string of the molecule is CCCCCCCCCCOC(=O)/C=C\C(=O)[O][Sn]([CH2]CCC)([CH2]CCC)[O]C(=O)/C=C\C(=O)OCCCCCCCCCC. The summed E-state index contributed by atoms with van der Waals surface area (Å²) in [6.45, 7) is 9.07. The summed E-state index contributed by atoms with van der Waals surface area (Å²) in [6.07, 6.45) is 25.8. The van der Waals surface area contributed by atoms with Crippen LogP contribution in [-0.4, -0.2) is 56.3 Å². The second kappa shape index (κ2) is 30.8. The van der Waals surface area contributed by atoms with Crippen LogP contribution in [0.25, 0.3) is 0 Å². The molecule has 0 radical (unpaired) electrons. The average Bonchev–Trinajstić information content (AvgIpc) is 3.03. The van der Waals surface area contributed by atoms with E-state index in [2.05, 4.69) is 13.8 Å². The predicted molar refractivity (Wildman–Crippen MR) is 183 cm³/mol. The van der Waals surface area contributed by atoms with Crippen molar-refractivity contribution < 1.29 is 34.8 Å². The van der Waals surface area contributed by atoms with Crippen molar-refractivity contribution in [1.82, 2.24) is 0 Å². The minimum atomic E-state index is -4.25. The van der Waals surface area contributed by atoms with Crippen molar-refractivity contribution in [3.05, 3.63) is 24.3 Å². The summed E-state index contributed by atoms with van der Waals surface area (Å²) >= 11 is -4.25. The zero-order valence-corrected chi connectivity index (χ0v) is 31.9. The zero-order valence-electron chi connectivity index (χ0n) is 29.0. The minimum absolute atomic E-state index is 0.314. The van der Waals surface area contributed by atoms with Crippen LogP contribution in [-0.2, 0) is 34.8 Å². The van der Waals surface area contributed by atoms with Gasteiger partial charge in [0.05, 0.1) is 0 Å². The summed E-state index contributed by atoms with van der Waals surface area (Å²) in [5.74, 6) is -2.60. The molecule has 0 atom stereocenters. The molecule has 0 bridgehead atoms. The van der Waals surface area contributed by atoms with Gasteiger partial charge in [-0.05, 0) is 0 Å². The Morgan fingerprint density at radius 2 is 0.689 bits per heavy atom. The summed E-state index contributed by atoms with van der Waals surface area (Å²) < 4.78 is 23.2. The number of hydrogen-bond acceptors (Lipinski definition) is 8. The Morgan fingerprint density at radius 1 is 0.400 bits per heavy atom. The Hall–Kier alpha value is -1.84. The second-order valence-corrected chi connectivity index (χ2v) is 21.1. The number of unbranched alkanes of at least 4 members (excludes halogenated alkanes) is 16. The molecule has 9 heteroatoms. The van der Waals surface area contributed by atoms with Crippen LogP contribution < -0.4 is 0 Å². The quantitative estimate of drug-likeness (QED) is 0.0310. The van der Waals surface area contributed by atoms with Gasteiger partial charge < -0.3 is 0 Å². The minimum Gasteiger partial charge on any atom is -0.0654 e. The topological polar surface area (TPSA) is 105 Å². The number of carbonyl (C=O) groups is 4. The molecule has 0 aliphatic carbocycles. The first-order valence-corrected chi connectivity index (χ1v) is 24.3. The fourth-order valence-electron chi connectivity index (χ4n) is 4.86. The third-order valence-electron chi connectivity index (χ3n) is 7.59. The normalized spacial score (nSPS) is 11.6. The van der Waals surface area contributed by atoms with Crippen LogP contribution in [0.2, 0.25) is 8.87 Å². The van der Waals surface area contributed by atoms with Gasteiger partial charge in [0.25, 0.3) is 0 Å². The van der Waals surface area contributed by atoms with Crippen LogP contribution in [0, 0.1) is 0 Å². The predicted octanol–water partition coefficient (Wildman–Crippen LogP) is 9.60. The standard InChI is InChI=1S/2C14H24O4.2C4H9.Sn/c2*1-2-3-4-5-6-7-8-9-12-18-14(17)11-10-13(15)16;2*1-3-4-2;/h2*10-11H,2-9,12H2,1H3,(H,15,16);2*1,3-4H2,2H3;/q;;;;+2/p-2/b2*11-10-;;;. The fourth-order valence-corrected chi connectivity index (χ4v) is 14.4. The van der Waals surface area contributed by atoms with Crippen LogP contribution >= 0.6 is 0 Å². The van der Waals surface area contributed by atoms with Gasteiger partial charge in [-0.25, -0.2) is 0 Å². The Kier molecular flexibility index (Phi) is 29.5. The van der Waals surface area contributed by atoms with E-state index in [9.17, 15) is 19.2 Å². The molecule has 0 amide bonds. The number of rotatable bonds is 30. The first kappa shape index (κ1) is 43.2. The molecule has 0 aromatic carbocycles. The summed E-state index contributed by atoms with van der Waals surface area (Å²) in [4.78, 5) is 49.8. The Balaban J connectivity index is 4.79. The van der Waals surface area contributed by atoms with Gasteiger partial charge in [-0.2, -0.15) is 0 Å². The van der Waals surface area contributed by atoms with Gasteiger partial charge in [-0.3, -0.25) is 0 Å². The molecule has 45 heavy (non-hydrogen) atoms. The maximum absolute atomic E-state index is 12.8. The summed E-state index contributed by atoms with van der Waals surface area (Å²) in [6, 6.07) is 0. The molecule has 0 N–H and O–H groups in total. The van der Waals surface area contributed by atoms with Crippen LogP contribution in [0.4, 0.5) is 0 Å². The molecule has 0 saturated heterocycles. The van der Waals surface area contributed by atoms with Gasteiger partial charge in [0, 0.05) is 0 Å². The van der Waals surface area contributed by atoms with E-state index in [-0.39, 0.29) is 0 Å². The van der Waals surface area contributed by atoms with Crippen molar-refractivity contribution in [3.8, 4) is 0 Å². The monoisotopic (exact) mass is 744 g/mol. The average molecular weight is 744 g/mol. The van der Waals surface area contributed by atoms with Crippen molar-refractivity contribution in [1.29, 1.82) is 0 Å². The first-order valence-electron chi connectivity index (χ1n) is 18.0. The molecule has 0 heterocycles. The molecular weight excluding hydrogens is 679 g/mol. The molecule has 0 aromatic heterocycles. The van der Waals surface area contributed by atoms with Gasteiger partial charge in [0.1, 0.15) is 0 Å². The number of esters is 2. The molecule has 0 aliphatic heterocycles. The van der Waals surface area contributed by atoms with Crippen molar-refractivity contribution >= 4 is 43.1 Å². The van der Waals surface area contributed by atoms with Gasteiger partial charge >= 0.3 is 228 Å². The molecule has 8 nitrogen and oxygen atoms in total. The van der Waals surface area contributed by atoms with E-state index in [4.69, 9.17) is 15.6 Å². The van der Waals surface area contributed by atoms with Gasteiger partial charge in [-0.1, -0.05) is 52.4 Å². The van der Waals surface area contributed by atoms with E-state index in [0.717, 1.165) is 88.5 Å². The molecule has 0 fully saturated rings. The van der Waals surface area contributed by atoms with Crippen molar-refractivity contribution in [3.63, 3.8) is 0 Å². The van der Waals surface area contributed by atoms with Crippen LogP contribution in [0.5, 0.6) is 0 Å². The number of hydrogen-bond donors (Lipinski definition) is 0. The van der Waals surface area contributed by atoms with Crippen LogP contribution in [0.15, 0.2) is 24.3 Å². The molecular formula is C36H64O8Sn. The number of carbonyl (C=O) groups excluding carboxylic acids is 4. The van der Waals surface area contributed by atoms with Crippen molar-refractivity contribution in [2.24, 2.45) is 0 Å². The van der Waals surface area contributed by atoms with E-state index in [1.54, 1.807) is 0 Å². The van der Waals surface area contributed by atoms with E-state index >= 15 is 0 Å². The van der Waals surface area contributed by atoms with E-state index in [0.29, 0.717) is 22.1 Å². The molecule has 260 valence electrons. The van der Waals surface area contributed by atoms with Crippen LogP contribution in [0.3, 0.4) is 0 Å². The van der Waals surface area contributed by atoms with Gasteiger partial charge in [0.15, 0.2) is 0 Å². The Morgan fingerprint density at radius 3 is 1.02 bits per heavy atom. The smallest absolute Gasteiger partial charge is 0.0654 e. The third kappa shape index (κ3) is 27.0. The zero-order chi connectivity index (χ0) is 33.4. The van der Waals surface area contributed by atoms with Crippen LogP contribution in [0.1, 0.15) is 156 Å². The third-order valence-corrected chi connectivity index (χ3v) is 17.2. The maximum atomic E-state index is 12.8. The number of ether oxygens (including phenoxy) is 2. The second-order valence-electron chi connectivity index (χ2n) is 11.9. The molecule has 0 aliphatic rings. The molecule has 0 unspecified atom stereocenters. The van der Waals surface area contributed by atoms with Gasteiger partial charge in [0.2, 0.25) is 0 Å². The molecule has 0 spiro atoms. The van der Waals surface area contributed by atoms with E-state index in [1.807, 2.05) is 13.8 Å². The molecule has 0 saturated carbocycles. The van der Waals surface area contributed by atoms with Crippen molar-refractivity contribution in [2.45, 2.75) is 165 Å². The fraction of sp³-hybridized carbons (Fsp3) is 0.778. The Bertz CT molecular complexity index is 771. The summed E-state index contributed by atoms with van der Waals surface area (Å²) in [5, 5.41) is 0. The Labute approximate surface area is 279 Å². The summed E-state index contributed by atoms with van der Waals surface area (Å²) in [7, 11) is 0.